The monoisotopic (exact) mass is 298 g/mol. The van der Waals surface area contributed by atoms with Crippen molar-refractivity contribution in [1.29, 1.82) is 0 Å². The van der Waals surface area contributed by atoms with Crippen LogP contribution >= 0.6 is 0 Å². The van der Waals surface area contributed by atoms with Gasteiger partial charge in [0, 0.05) is 37.9 Å². The Balaban J connectivity index is 1.77. The molecule has 1 aliphatic rings. The molecule has 3 rings (SSSR count). The Labute approximate surface area is 130 Å². The van der Waals surface area contributed by atoms with E-state index in [2.05, 4.69) is 22.5 Å². The van der Waals surface area contributed by atoms with Gasteiger partial charge in [-0.05, 0) is 19.4 Å². The number of nitrogens with one attached hydrogen (secondary N) is 1. The quantitative estimate of drug-likeness (QED) is 0.943. The van der Waals surface area contributed by atoms with Gasteiger partial charge in [0.1, 0.15) is 0 Å². The molecule has 0 aliphatic carbocycles. The zero-order valence-electron chi connectivity index (χ0n) is 13.1. The number of amides is 1. The van der Waals surface area contributed by atoms with Crippen molar-refractivity contribution in [1.82, 2.24) is 20.0 Å². The van der Waals surface area contributed by atoms with Crippen molar-refractivity contribution in [2.45, 2.75) is 26.4 Å². The maximum absolute atomic E-state index is 12.8. The minimum atomic E-state index is 0.0830. The second-order valence-electron chi connectivity index (χ2n) is 5.63. The van der Waals surface area contributed by atoms with Gasteiger partial charge in [-0.1, -0.05) is 30.3 Å². The first kappa shape index (κ1) is 14.8. The molecule has 2 aromatic rings. The first-order valence-electron chi connectivity index (χ1n) is 7.80. The van der Waals surface area contributed by atoms with Gasteiger partial charge in [0.15, 0.2) is 0 Å². The van der Waals surface area contributed by atoms with Crippen LogP contribution in [0.15, 0.2) is 36.5 Å². The number of benzene rings is 1. The maximum Gasteiger partial charge on any atom is 0.257 e. The summed E-state index contributed by atoms with van der Waals surface area (Å²) in [5.74, 6) is 0.0830. The zero-order chi connectivity index (χ0) is 15.5. The van der Waals surface area contributed by atoms with E-state index in [0.717, 1.165) is 30.9 Å². The second kappa shape index (κ2) is 6.32. The minimum Gasteiger partial charge on any atom is -0.335 e. The fourth-order valence-electron chi connectivity index (χ4n) is 2.99. The molecule has 0 radical (unpaired) electrons. The molecule has 5 nitrogen and oxygen atoms in total. The Morgan fingerprint density at radius 3 is 2.82 bits per heavy atom. The van der Waals surface area contributed by atoms with Crippen LogP contribution < -0.4 is 5.32 Å². The van der Waals surface area contributed by atoms with Crippen molar-refractivity contribution < 1.29 is 4.79 Å². The molecule has 1 aromatic carbocycles. The molecule has 1 amide bonds. The number of rotatable bonds is 3. The molecule has 0 spiro atoms. The molecule has 1 aliphatic heterocycles. The molecule has 1 aromatic heterocycles. The topological polar surface area (TPSA) is 50.2 Å². The van der Waals surface area contributed by atoms with E-state index in [4.69, 9.17) is 0 Å². The third kappa shape index (κ3) is 2.76. The highest BCUT2D eigenvalue weighted by Gasteiger charge is 2.26. The van der Waals surface area contributed by atoms with Gasteiger partial charge < -0.3 is 10.2 Å². The lowest BCUT2D eigenvalue weighted by Gasteiger charge is -2.34. The largest absolute Gasteiger partial charge is 0.335 e. The van der Waals surface area contributed by atoms with Crippen LogP contribution in [0.5, 0.6) is 0 Å². The van der Waals surface area contributed by atoms with Crippen molar-refractivity contribution >= 4 is 5.91 Å². The van der Waals surface area contributed by atoms with Crippen molar-refractivity contribution in [3.8, 4) is 0 Å². The smallest absolute Gasteiger partial charge is 0.257 e. The lowest BCUT2D eigenvalue weighted by Crippen LogP contribution is -2.48. The van der Waals surface area contributed by atoms with Gasteiger partial charge in [-0.25, -0.2) is 0 Å². The average molecular weight is 298 g/mol. The Morgan fingerprint density at radius 2 is 2.14 bits per heavy atom. The van der Waals surface area contributed by atoms with Gasteiger partial charge in [-0.15, -0.1) is 0 Å². The van der Waals surface area contributed by atoms with Gasteiger partial charge >= 0.3 is 0 Å². The number of nitrogens with zero attached hydrogens (tertiary/aromatic N) is 3. The summed E-state index contributed by atoms with van der Waals surface area (Å²) in [6.07, 6.45) is 1.70. The van der Waals surface area contributed by atoms with Gasteiger partial charge in [0.05, 0.1) is 11.8 Å². The number of hydrogen-bond donors (Lipinski definition) is 1. The van der Waals surface area contributed by atoms with Crippen LogP contribution in [-0.4, -0.2) is 40.2 Å². The highest BCUT2D eigenvalue weighted by Crippen LogP contribution is 2.19. The molecule has 0 saturated carbocycles. The number of piperazine rings is 1. The number of aromatic nitrogens is 2. The predicted molar refractivity (Wildman–Crippen MR) is 85.7 cm³/mol. The Hall–Kier alpha value is -2.14. The molecule has 1 atom stereocenters. The maximum atomic E-state index is 12.8. The van der Waals surface area contributed by atoms with Crippen molar-refractivity contribution in [3.63, 3.8) is 0 Å². The summed E-state index contributed by atoms with van der Waals surface area (Å²) < 4.78 is 1.87. The van der Waals surface area contributed by atoms with Crippen LogP contribution in [0.2, 0.25) is 0 Å². The number of hydrogen-bond acceptors (Lipinski definition) is 3. The summed E-state index contributed by atoms with van der Waals surface area (Å²) in [5.41, 5.74) is 2.89. The van der Waals surface area contributed by atoms with E-state index >= 15 is 0 Å². The van der Waals surface area contributed by atoms with Crippen molar-refractivity contribution in [2.24, 2.45) is 0 Å². The Morgan fingerprint density at radius 1 is 1.36 bits per heavy atom. The molecule has 1 fully saturated rings. The summed E-state index contributed by atoms with van der Waals surface area (Å²) in [4.78, 5) is 14.7. The van der Waals surface area contributed by atoms with E-state index in [1.54, 1.807) is 6.20 Å². The Kier molecular flexibility index (Phi) is 4.24. The molecule has 0 bridgehead atoms. The van der Waals surface area contributed by atoms with E-state index in [-0.39, 0.29) is 11.9 Å². The molecule has 0 unspecified atom stereocenters. The fraction of sp³-hybridized carbons (Fsp3) is 0.412. The third-order valence-corrected chi connectivity index (χ3v) is 4.30. The standard InChI is InChI=1S/C17H22N4O/c1-3-21-13(2)15(11-19-21)17(22)20-10-9-18-16(12-20)14-7-5-4-6-8-14/h4-8,11,16,18H,3,9-10,12H2,1-2H3/t16-/m1/s1. The highest BCUT2D eigenvalue weighted by molar-refractivity contribution is 5.95. The van der Waals surface area contributed by atoms with Crippen molar-refractivity contribution in [2.75, 3.05) is 19.6 Å². The lowest BCUT2D eigenvalue weighted by molar-refractivity contribution is 0.0702. The highest BCUT2D eigenvalue weighted by atomic mass is 16.2. The second-order valence-corrected chi connectivity index (χ2v) is 5.63. The summed E-state index contributed by atoms with van der Waals surface area (Å²) in [6, 6.07) is 10.5. The molecule has 5 heteroatoms. The van der Waals surface area contributed by atoms with E-state index in [1.165, 1.54) is 5.56 Å². The van der Waals surface area contributed by atoms with Crippen LogP contribution in [0.1, 0.15) is 34.6 Å². The molecule has 1 saturated heterocycles. The van der Waals surface area contributed by atoms with Crippen LogP contribution in [0, 0.1) is 6.92 Å². The fourth-order valence-corrected chi connectivity index (χ4v) is 2.99. The van der Waals surface area contributed by atoms with Crippen molar-refractivity contribution in [3.05, 3.63) is 53.3 Å². The van der Waals surface area contributed by atoms with Crippen LogP contribution in [0.25, 0.3) is 0 Å². The van der Waals surface area contributed by atoms with Crippen LogP contribution in [0.3, 0.4) is 0 Å². The van der Waals surface area contributed by atoms with Gasteiger partial charge in [-0.2, -0.15) is 5.10 Å². The van der Waals surface area contributed by atoms with E-state index in [1.807, 2.05) is 41.6 Å². The van der Waals surface area contributed by atoms with Gasteiger partial charge in [-0.3, -0.25) is 9.48 Å². The van der Waals surface area contributed by atoms with E-state index in [0.29, 0.717) is 6.54 Å². The zero-order valence-corrected chi connectivity index (χ0v) is 13.1. The number of carbonyl (C=O) groups excluding carboxylic acids is 1. The average Bonchev–Trinajstić information content (AvgIpc) is 2.96. The first-order chi connectivity index (χ1) is 10.7. The molecular formula is C17H22N4O. The minimum absolute atomic E-state index is 0.0830. The van der Waals surface area contributed by atoms with E-state index < -0.39 is 0 Å². The predicted octanol–water partition coefficient (Wildman–Crippen LogP) is 2.00. The molecular weight excluding hydrogens is 276 g/mol. The summed E-state index contributed by atoms with van der Waals surface area (Å²) >= 11 is 0. The van der Waals surface area contributed by atoms with Crippen LogP contribution in [-0.2, 0) is 6.54 Å². The summed E-state index contributed by atoms with van der Waals surface area (Å²) in [7, 11) is 0. The number of carbonyl (C=O) groups is 1. The number of aryl methyl sites for hydroxylation is 1. The van der Waals surface area contributed by atoms with Crippen LogP contribution in [0.4, 0.5) is 0 Å². The first-order valence-corrected chi connectivity index (χ1v) is 7.80. The summed E-state index contributed by atoms with van der Waals surface area (Å²) in [6.45, 7) is 7.02. The molecule has 116 valence electrons. The van der Waals surface area contributed by atoms with E-state index in [9.17, 15) is 4.79 Å². The normalized spacial score (nSPS) is 18.5. The third-order valence-electron chi connectivity index (χ3n) is 4.30. The SMILES string of the molecule is CCn1ncc(C(=O)N2CCN[C@@H](c3ccccc3)C2)c1C. The Bertz CT molecular complexity index is 650. The molecule has 1 N–H and O–H groups in total. The molecule has 22 heavy (non-hydrogen) atoms. The molecule has 2 heterocycles. The summed E-state index contributed by atoms with van der Waals surface area (Å²) in [5, 5.41) is 7.77. The van der Waals surface area contributed by atoms with Gasteiger partial charge in [0.2, 0.25) is 0 Å². The van der Waals surface area contributed by atoms with Gasteiger partial charge in [0.25, 0.3) is 5.91 Å². The lowest BCUT2D eigenvalue weighted by atomic mass is 10.0.